The molecule has 3 aromatic carbocycles. The van der Waals surface area contributed by atoms with Gasteiger partial charge >= 0.3 is 0 Å². The van der Waals surface area contributed by atoms with Gasteiger partial charge in [0.15, 0.2) is 0 Å². The number of nitrogens with zero attached hydrogens (tertiary/aromatic N) is 1. The molecule has 0 spiro atoms. The van der Waals surface area contributed by atoms with Crippen LogP contribution in [0.4, 0.5) is 11.4 Å². The Morgan fingerprint density at radius 2 is 1.39 bits per heavy atom. The van der Waals surface area contributed by atoms with E-state index in [4.69, 9.17) is 4.99 Å². The van der Waals surface area contributed by atoms with Gasteiger partial charge in [-0.05, 0) is 25.1 Å². The summed E-state index contributed by atoms with van der Waals surface area (Å²) in [7, 11) is 0. The van der Waals surface area contributed by atoms with Crippen molar-refractivity contribution < 1.29 is 0 Å². The first-order valence-corrected chi connectivity index (χ1v) is 7.90. The molecular formula is C21H20N2. The number of hydrogen-bond acceptors (Lipinski definition) is 2. The Hall–Kier alpha value is -2.87. The normalized spacial score (nSPS) is 11.3. The van der Waals surface area contributed by atoms with E-state index in [1.807, 2.05) is 42.5 Å². The number of anilines is 2. The highest BCUT2D eigenvalue weighted by Gasteiger charge is 2.11. The first-order chi connectivity index (χ1) is 11.4. The summed E-state index contributed by atoms with van der Waals surface area (Å²) in [6.45, 7) is 2.82. The lowest BCUT2D eigenvalue weighted by Gasteiger charge is -2.14. The van der Waals surface area contributed by atoms with Crippen LogP contribution >= 0.6 is 0 Å². The minimum absolute atomic E-state index is 0.754. The highest BCUT2D eigenvalue weighted by molar-refractivity contribution is 6.16. The molecule has 0 saturated carbocycles. The number of hydrogen-bond donors (Lipinski definition) is 1. The second-order valence-corrected chi connectivity index (χ2v) is 5.23. The number of benzene rings is 3. The summed E-state index contributed by atoms with van der Waals surface area (Å²) in [6, 6.07) is 28.9. The summed E-state index contributed by atoms with van der Waals surface area (Å²) >= 11 is 0. The van der Waals surface area contributed by atoms with Crippen molar-refractivity contribution in [2.45, 2.75) is 6.92 Å². The number of rotatable bonds is 5. The first-order valence-electron chi connectivity index (χ1n) is 7.90. The molecule has 3 rings (SSSR count). The van der Waals surface area contributed by atoms with Crippen LogP contribution in [0, 0.1) is 0 Å². The molecule has 2 heteroatoms. The summed E-state index contributed by atoms with van der Waals surface area (Å²) in [5.41, 5.74) is 5.41. The molecule has 2 nitrogen and oxygen atoms in total. The van der Waals surface area contributed by atoms with Gasteiger partial charge in [0.2, 0.25) is 0 Å². The van der Waals surface area contributed by atoms with Crippen LogP contribution < -0.4 is 5.32 Å². The van der Waals surface area contributed by atoms with Crippen LogP contribution in [0.25, 0.3) is 0 Å². The van der Waals surface area contributed by atoms with E-state index in [0.29, 0.717) is 0 Å². The van der Waals surface area contributed by atoms with E-state index >= 15 is 0 Å². The molecule has 0 aliphatic heterocycles. The average Bonchev–Trinajstić information content (AvgIpc) is 2.62. The van der Waals surface area contributed by atoms with Crippen molar-refractivity contribution in [2.24, 2.45) is 4.99 Å². The fourth-order valence-corrected chi connectivity index (χ4v) is 2.56. The van der Waals surface area contributed by atoms with Gasteiger partial charge in [0, 0.05) is 29.0 Å². The summed E-state index contributed by atoms with van der Waals surface area (Å²) in [6.07, 6.45) is 0. The van der Waals surface area contributed by atoms with Gasteiger partial charge < -0.3 is 5.32 Å². The maximum Gasteiger partial charge on any atom is 0.0739 e. The Balaban J connectivity index is 2.03. The smallest absolute Gasteiger partial charge is 0.0739 e. The number of para-hydroxylation sites is 2. The van der Waals surface area contributed by atoms with Crippen LogP contribution in [-0.4, -0.2) is 12.3 Å². The highest BCUT2D eigenvalue weighted by Crippen LogP contribution is 2.24. The second-order valence-electron chi connectivity index (χ2n) is 5.23. The Labute approximate surface area is 137 Å². The fraction of sp³-hybridized carbons (Fsp3) is 0.0952. The molecule has 0 radical (unpaired) electrons. The maximum absolute atomic E-state index is 4.74. The van der Waals surface area contributed by atoms with Crippen LogP contribution in [0.15, 0.2) is 89.9 Å². The molecule has 0 heterocycles. The average molecular weight is 300 g/mol. The molecule has 114 valence electrons. The van der Waals surface area contributed by atoms with Crippen molar-refractivity contribution in [1.29, 1.82) is 0 Å². The third-order valence-electron chi connectivity index (χ3n) is 3.60. The Morgan fingerprint density at radius 3 is 2.09 bits per heavy atom. The van der Waals surface area contributed by atoms with Crippen molar-refractivity contribution in [2.75, 3.05) is 11.9 Å². The van der Waals surface area contributed by atoms with E-state index in [-0.39, 0.29) is 0 Å². The van der Waals surface area contributed by atoms with E-state index in [2.05, 4.69) is 54.7 Å². The number of nitrogens with one attached hydrogen (secondary N) is 1. The van der Waals surface area contributed by atoms with Crippen LogP contribution in [0.2, 0.25) is 0 Å². The molecule has 1 N–H and O–H groups in total. The van der Waals surface area contributed by atoms with Gasteiger partial charge in [0.1, 0.15) is 0 Å². The maximum atomic E-state index is 4.74. The molecule has 0 saturated heterocycles. The predicted molar refractivity (Wildman–Crippen MR) is 98.8 cm³/mol. The molecule has 0 atom stereocenters. The van der Waals surface area contributed by atoms with Crippen LogP contribution in [-0.2, 0) is 0 Å². The fourth-order valence-electron chi connectivity index (χ4n) is 2.56. The third-order valence-corrected chi connectivity index (χ3v) is 3.60. The van der Waals surface area contributed by atoms with Gasteiger partial charge in [-0.3, -0.25) is 4.99 Å². The van der Waals surface area contributed by atoms with Crippen LogP contribution in [0.5, 0.6) is 0 Å². The minimum Gasteiger partial charge on any atom is -0.355 e. The van der Waals surface area contributed by atoms with Crippen molar-refractivity contribution in [3.05, 3.63) is 96.1 Å². The third kappa shape index (κ3) is 3.67. The van der Waals surface area contributed by atoms with Gasteiger partial charge in [-0.15, -0.1) is 0 Å². The molecule has 0 fully saturated rings. The molecular weight excluding hydrogens is 280 g/mol. The van der Waals surface area contributed by atoms with E-state index < -0.39 is 0 Å². The van der Waals surface area contributed by atoms with Crippen molar-refractivity contribution in [1.82, 2.24) is 0 Å². The molecule has 0 unspecified atom stereocenters. The second kappa shape index (κ2) is 7.41. The Morgan fingerprint density at radius 1 is 0.783 bits per heavy atom. The van der Waals surface area contributed by atoms with E-state index in [9.17, 15) is 0 Å². The molecule has 0 bridgehead atoms. The van der Waals surface area contributed by atoms with Crippen LogP contribution in [0.1, 0.15) is 18.1 Å². The zero-order chi connectivity index (χ0) is 15.9. The highest BCUT2D eigenvalue weighted by atomic mass is 14.9. The molecule has 0 aliphatic carbocycles. The molecule has 23 heavy (non-hydrogen) atoms. The van der Waals surface area contributed by atoms with Gasteiger partial charge in [-0.25, -0.2) is 0 Å². The largest absolute Gasteiger partial charge is 0.355 e. The van der Waals surface area contributed by atoms with E-state index in [1.165, 1.54) is 0 Å². The quantitative estimate of drug-likeness (QED) is 0.636. The lowest BCUT2D eigenvalue weighted by Crippen LogP contribution is -2.07. The first kappa shape index (κ1) is 15.0. The van der Waals surface area contributed by atoms with Gasteiger partial charge in [0.25, 0.3) is 0 Å². The lowest BCUT2D eigenvalue weighted by atomic mass is 10.00. The minimum atomic E-state index is 0.754. The van der Waals surface area contributed by atoms with Crippen molar-refractivity contribution >= 4 is 17.1 Å². The van der Waals surface area contributed by atoms with E-state index in [1.54, 1.807) is 0 Å². The predicted octanol–water partition coefficient (Wildman–Crippen LogP) is 5.29. The number of aliphatic imine (C=N–C) groups is 1. The standard InChI is InChI=1S/C21H20N2/c1-2-22-21(17-11-5-3-6-12-17)19-15-9-10-16-20(19)23-18-13-7-4-8-14-18/h3-16,23H,2H2,1H3. The van der Waals surface area contributed by atoms with Gasteiger partial charge in [-0.2, -0.15) is 0 Å². The monoisotopic (exact) mass is 300 g/mol. The molecule has 0 aromatic heterocycles. The molecule has 0 aliphatic rings. The Bertz CT molecular complexity index is 777. The topological polar surface area (TPSA) is 24.4 Å². The zero-order valence-corrected chi connectivity index (χ0v) is 13.2. The van der Waals surface area contributed by atoms with Gasteiger partial charge in [0.05, 0.1) is 5.71 Å². The SMILES string of the molecule is CCN=C(c1ccccc1)c1ccccc1Nc1ccccc1. The summed E-state index contributed by atoms with van der Waals surface area (Å²) in [5, 5.41) is 3.50. The van der Waals surface area contributed by atoms with Crippen LogP contribution in [0.3, 0.4) is 0 Å². The van der Waals surface area contributed by atoms with Crippen molar-refractivity contribution in [3.63, 3.8) is 0 Å². The summed E-state index contributed by atoms with van der Waals surface area (Å²) < 4.78 is 0. The zero-order valence-electron chi connectivity index (χ0n) is 13.2. The Kier molecular flexibility index (Phi) is 4.85. The van der Waals surface area contributed by atoms with Gasteiger partial charge in [-0.1, -0.05) is 66.7 Å². The van der Waals surface area contributed by atoms with E-state index in [0.717, 1.165) is 34.8 Å². The summed E-state index contributed by atoms with van der Waals surface area (Å²) in [5.74, 6) is 0. The lowest BCUT2D eigenvalue weighted by molar-refractivity contribution is 1.13. The van der Waals surface area contributed by atoms with Crippen molar-refractivity contribution in [3.8, 4) is 0 Å². The molecule has 3 aromatic rings. The molecule has 0 amide bonds. The summed E-state index contributed by atoms with van der Waals surface area (Å²) in [4.78, 5) is 4.74.